The van der Waals surface area contributed by atoms with Gasteiger partial charge in [0, 0.05) is 6.07 Å². The van der Waals surface area contributed by atoms with Crippen LogP contribution in [0.5, 0.6) is 11.5 Å². The van der Waals surface area contributed by atoms with Gasteiger partial charge in [-0.25, -0.2) is 9.59 Å². The lowest BCUT2D eigenvalue weighted by molar-refractivity contribution is 0.0683. The molecular weight excluding hydrogens is 278 g/mol. The molecule has 21 heavy (non-hydrogen) atoms. The number of nitrogens with zero attached hydrogens (tertiary/aromatic N) is 2. The van der Waals surface area contributed by atoms with Gasteiger partial charge in [0.2, 0.25) is 5.82 Å². The molecule has 1 aromatic heterocycles. The van der Waals surface area contributed by atoms with Crippen LogP contribution in [0.2, 0.25) is 0 Å². The number of rotatable bonds is 6. The number of nitrogens with one attached hydrogen (secondary N) is 1. The molecule has 0 bridgehead atoms. The SMILES string of the molecule is CCOc1ccc(-n2nc(C(=O)O)[nH]c2=O)cc1OCC. The molecule has 0 radical (unpaired) electrons. The van der Waals surface area contributed by atoms with Gasteiger partial charge in [0.1, 0.15) is 0 Å². The van der Waals surface area contributed by atoms with Gasteiger partial charge >= 0.3 is 11.7 Å². The van der Waals surface area contributed by atoms with E-state index in [1.807, 2.05) is 13.8 Å². The van der Waals surface area contributed by atoms with Crippen molar-refractivity contribution in [3.63, 3.8) is 0 Å². The second kappa shape index (κ2) is 6.12. The van der Waals surface area contributed by atoms with Gasteiger partial charge in [-0.2, -0.15) is 4.68 Å². The average molecular weight is 293 g/mol. The number of carbonyl (C=O) groups is 1. The summed E-state index contributed by atoms with van der Waals surface area (Å²) >= 11 is 0. The van der Waals surface area contributed by atoms with Crippen LogP contribution in [0.1, 0.15) is 24.5 Å². The quantitative estimate of drug-likeness (QED) is 0.824. The third-order valence-electron chi connectivity index (χ3n) is 2.59. The molecule has 8 heteroatoms. The summed E-state index contributed by atoms with van der Waals surface area (Å²) in [4.78, 5) is 24.7. The first-order valence-corrected chi connectivity index (χ1v) is 6.39. The molecule has 2 aromatic rings. The first-order chi connectivity index (χ1) is 10.1. The Labute approximate surface area is 119 Å². The van der Waals surface area contributed by atoms with Crippen molar-refractivity contribution in [3.8, 4) is 17.2 Å². The highest BCUT2D eigenvalue weighted by molar-refractivity contribution is 5.82. The minimum absolute atomic E-state index is 0.385. The highest BCUT2D eigenvalue weighted by Gasteiger charge is 2.14. The number of hydrogen-bond donors (Lipinski definition) is 2. The summed E-state index contributed by atoms with van der Waals surface area (Å²) in [7, 11) is 0. The number of aromatic nitrogens is 3. The van der Waals surface area contributed by atoms with Crippen molar-refractivity contribution in [1.82, 2.24) is 14.8 Å². The molecule has 0 saturated carbocycles. The van der Waals surface area contributed by atoms with Crippen molar-refractivity contribution >= 4 is 5.97 Å². The second-order valence-electron chi connectivity index (χ2n) is 3.99. The van der Waals surface area contributed by atoms with E-state index in [4.69, 9.17) is 14.6 Å². The van der Waals surface area contributed by atoms with E-state index in [2.05, 4.69) is 10.1 Å². The van der Waals surface area contributed by atoms with Crippen LogP contribution in [-0.4, -0.2) is 39.1 Å². The number of benzene rings is 1. The molecule has 0 unspecified atom stereocenters. The van der Waals surface area contributed by atoms with E-state index in [0.29, 0.717) is 30.4 Å². The van der Waals surface area contributed by atoms with Gasteiger partial charge in [-0.1, -0.05) is 0 Å². The molecule has 8 nitrogen and oxygen atoms in total. The fraction of sp³-hybridized carbons (Fsp3) is 0.308. The number of aromatic carboxylic acids is 1. The predicted octanol–water partition coefficient (Wildman–Crippen LogP) is 1.06. The van der Waals surface area contributed by atoms with Crippen LogP contribution in [-0.2, 0) is 0 Å². The molecule has 2 N–H and O–H groups in total. The van der Waals surface area contributed by atoms with Gasteiger partial charge in [-0.15, -0.1) is 5.10 Å². The number of hydrogen-bond acceptors (Lipinski definition) is 5. The average Bonchev–Trinajstić information content (AvgIpc) is 2.84. The van der Waals surface area contributed by atoms with Crippen molar-refractivity contribution in [3.05, 3.63) is 34.5 Å². The Kier molecular flexibility index (Phi) is 4.27. The Morgan fingerprint density at radius 1 is 1.29 bits per heavy atom. The molecule has 112 valence electrons. The summed E-state index contributed by atoms with van der Waals surface area (Å²) in [6.07, 6.45) is 0. The van der Waals surface area contributed by atoms with Crippen LogP contribution in [0, 0.1) is 0 Å². The minimum Gasteiger partial charge on any atom is -0.490 e. The number of carboxylic acids is 1. The monoisotopic (exact) mass is 293 g/mol. The Hall–Kier alpha value is -2.77. The van der Waals surface area contributed by atoms with Crippen molar-refractivity contribution < 1.29 is 19.4 Å². The van der Waals surface area contributed by atoms with E-state index >= 15 is 0 Å². The smallest absolute Gasteiger partial charge is 0.373 e. The molecule has 0 aliphatic heterocycles. The van der Waals surface area contributed by atoms with E-state index in [9.17, 15) is 9.59 Å². The highest BCUT2D eigenvalue weighted by Crippen LogP contribution is 2.29. The maximum absolute atomic E-state index is 11.7. The molecule has 1 heterocycles. The molecule has 0 atom stereocenters. The standard InChI is InChI=1S/C13H15N3O5/c1-3-20-9-6-5-8(7-10(9)21-4-2)16-13(19)14-11(15-16)12(17)18/h5-7H,3-4H2,1-2H3,(H,17,18)(H,14,15,19). The topological polar surface area (TPSA) is 106 Å². The van der Waals surface area contributed by atoms with Crippen molar-refractivity contribution in [2.75, 3.05) is 13.2 Å². The fourth-order valence-corrected chi connectivity index (χ4v) is 1.77. The number of H-pyrrole nitrogens is 1. The molecule has 0 spiro atoms. The summed E-state index contributed by atoms with van der Waals surface area (Å²) in [5.41, 5.74) is -0.255. The van der Waals surface area contributed by atoms with Crippen molar-refractivity contribution in [1.29, 1.82) is 0 Å². The summed E-state index contributed by atoms with van der Waals surface area (Å²) < 4.78 is 11.8. The molecule has 0 saturated heterocycles. The first-order valence-electron chi connectivity index (χ1n) is 6.39. The van der Waals surface area contributed by atoms with E-state index in [0.717, 1.165) is 4.68 Å². The van der Waals surface area contributed by atoms with Gasteiger partial charge in [0.05, 0.1) is 18.9 Å². The molecule has 0 fully saturated rings. The summed E-state index contributed by atoms with van der Waals surface area (Å²) in [5.74, 6) is -0.720. The third-order valence-corrected chi connectivity index (χ3v) is 2.59. The second-order valence-corrected chi connectivity index (χ2v) is 3.99. The molecule has 1 aromatic carbocycles. The minimum atomic E-state index is -1.30. The Bertz CT molecular complexity index is 704. The highest BCUT2D eigenvalue weighted by atomic mass is 16.5. The lowest BCUT2D eigenvalue weighted by atomic mass is 10.3. The maximum Gasteiger partial charge on any atom is 0.373 e. The van der Waals surface area contributed by atoms with Gasteiger partial charge < -0.3 is 14.6 Å². The third kappa shape index (κ3) is 3.04. The van der Waals surface area contributed by atoms with E-state index < -0.39 is 17.5 Å². The first kappa shape index (κ1) is 14.6. The Morgan fingerprint density at radius 2 is 1.95 bits per heavy atom. The van der Waals surface area contributed by atoms with E-state index in [-0.39, 0.29) is 0 Å². The van der Waals surface area contributed by atoms with Crippen LogP contribution < -0.4 is 15.2 Å². The van der Waals surface area contributed by atoms with Gasteiger partial charge in [-0.3, -0.25) is 4.98 Å². The number of ether oxygens (including phenoxy) is 2. The largest absolute Gasteiger partial charge is 0.490 e. The summed E-state index contributed by atoms with van der Waals surface area (Å²) in [5, 5.41) is 12.5. The van der Waals surface area contributed by atoms with Crippen molar-refractivity contribution in [2.24, 2.45) is 0 Å². The zero-order valence-corrected chi connectivity index (χ0v) is 11.6. The van der Waals surface area contributed by atoms with Crippen LogP contribution >= 0.6 is 0 Å². The number of aromatic amines is 1. The molecular formula is C13H15N3O5. The molecule has 0 aliphatic carbocycles. The maximum atomic E-state index is 11.7. The Morgan fingerprint density at radius 3 is 2.52 bits per heavy atom. The summed E-state index contributed by atoms with van der Waals surface area (Å²) in [6.45, 7) is 4.58. The van der Waals surface area contributed by atoms with Gasteiger partial charge in [0.25, 0.3) is 0 Å². The van der Waals surface area contributed by atoms with Crippen LogP contribution in [0.3, 0.4) is 0 Å². The van der Waals surface area contributed by atoms with Gasteiger partial charge in [0.15, 0.2) is 11.5 Å². The van der Waals surface area contributed by atoms with E-state index in [1.54, 1.807) is 18.2 Å². The zero-order chi connectivity index (χ0) is 15.4. The van der Waals surface area contributed by atoms with Gasteiger partial charge in [-0.05, 0) is 26.0 Å². The normalized spacial score (nSPS) is 10.4. The molecule has 0 aliphatic rings. The Balaban J connectivity index is 2.47. The number of carboxylic acid groups (broad SMARTS) is 1. The van der Waals surface area contributed by atoms with Crippen LogP contribution in [0.15, 0.2) is 23.0 Å². The lowest BCUT2D eigenvalue weighted by Gasteiger charge is -2.11. The van der Waals surface area contributed by atoms with Crippen LogP contribution in [0.4, 0.5) is 0 Å². The van der Waals surface area contributed by atoms with Crippen molar-refractivity contribution in [2.45, 2.75) is 13.8 Å². The van der Waals surface area contributed by atoms with Crippen LogP contribution in [0.25, 0.3) is 5.69 Å². The molecule has 2 rings (SSSR count). The van der Waals surface area contributed by atoms with E-state index in [1.165, 1.54) is 0 Å². The zero-order valence-electron chi connectivity index (χ0n) is 11.6. The fourth-order valence-electron chi connectivity index (χ4n) is 1.77. The predicted molar refractivity (Wildman–Crippen MR) is 73.5 cm³/mol. The summed E-state index contributed by atoms with van der Waals surface area (Å²) in [6, 6.07) is 4.81. The molecule has 0 amide bonds. The lowest BCUT2D eigenvalue weighted by Crippen LogP contribution is -2.16.